The standard InChI is InChI=1S/C12H22N2O3S/c15-10-13-11(12(16)17)4-8-18-9-7-14-5-2-1-3-6-14/h10-11H,1-9H2,(H,13,15)(H,16,17). The second kappa shape index (κ2) is 9.22. The van der Waals surface area contributed by atoms with Crippen LogP contribution in [-0.2, 0) is 9.59 Å². The normalized spacial score (nSPS) is 18.2. The Hall–Kier alpha value is -0.750. The van der Waals surface area contributed by atoms with Gasteiger partial charge in [-0.1, -0.05) is 6.42 Å². The van der Waals surface area contributed by atoms with Crippen molar-refractivity contribution in [1.29, 1.82) is 0 Å². The zero-order chi connectivity index (χ0) is 13.2. The Balaban J connectivity index is 2.02. The number of carboxylic acids is 1. The summed E-state index contributed by atoms with van der Waals surface area (Å²) in [4.78, 5) is 23.5. The highest BCUT2D eigenvalue weighted by molar-refractivity contribution is 7.99. The molecular weight excluding hydrogens is 252 g/mol. The van der Waals surface area contributed by atoms with Crippen molar-refractivity contribution in [3.05, 3.63) is 0 Å². The molecule has 1 unspecified atom stereocenters. The van der Waals surface area contributed by atoms with E-state index in [9.17, 15) is 9.59 Å². The highest BCUT2D eigenvalue weighted by atomic mass is 32.2. The van der Waals surface area contributed by atoms with E-state index in [0.29, 0.717) is 12.8 Å². The first-order chi connectivity index (χ1) is 8.74. The van der Waals surface area contributed by atoms with E-state index in [0.717, 1.165) is 18.1 Å². The fraction of sp³-hybridized carbons (Fsp3) is 0.833. The summed E-state index contributed by atoms with van der Waals surface area (Å²) in [5.41, 5.74) is 0. The van der Waals surface area contributed by atoms with Gasteiger partial charge in [-0.2, -0.15) is 11.8 Å². The number of amides is 1. The topological polar surface area (TPSA) is 69.6 Å². The lowest BCUT2D eigenvalue weighted by Gasteiger charge is -2.26. The molecule has 1 atom stereocenters. The van der Waals surface area contributed by atoms with E-state index >= 15 is 0 Å². The van der Waals surface area contributed by atoms with Crippen molar-refractivity contribution in [3.63, 3.8) is 0 Å². The molecule has 1 aliphatic heterocycles. The molecule has 0 aromatic heterocycles. The van der Waals surface area contributed by atoms with Gasteiger partial charge in [0.15, 0.2) is 0 Å². The van der Waals surface area contributed by atoms with E-state index in [1.165, 1.54) is 32.4 Å². The first-order valence-corrected chi connectivity index (χ1v) is 7.62. The first kappa shape index (κ1) is 15.3. The Labute approximate surface area is 112 Å². The van der Waals surface area contributed by atoms with Crippen molar-refractivity contribution in [3.8, 4) is 0 Å². The summed E-state index contributed by atoms with van der Waals surface area (Å²) in [6.07, 6.45) is 4.89. The van der Waals surface area contributed by atoms with Gasteiger partial charge < -0.3 is 15.3 Å². The molecule has 1 amide bonds. The van der Waals surface area contributed by atoms with Gasteiger partial charge in [-0.25, -0.2) is 4.79 Å². The second-order valence-corrected chi connectivity index (χ2v) is 5.70. The van der Waals surface area contributed by atoms with Gasteiger partial charge in [0.1, 0.15) is 6.04 Å². The van der Waals surface area contributed by atoms with Crippen molar-refractivity contribution in [2.75, 3.05) is 31.1 Å². The lowest BCUT2D eigenvalue weighted by molar-refractivity contribution is -0.140. The van der Waals surface area contributed by atoms with E-state index < -0.39 is 12.0 Å². The summed E-state index contributed by atoms with van der Waals surface area (Å²) in [6, 6.07) is -0.745. The van der Waals surface area contributed by atoms with Gasteiger partial charge in [0, 0.05) is 12.3 Å². The average molecular weight is 274 g/mol. The molecule has 1 saturated heterocycles. The van der Waals surface area contributed by atoms with Crippen molar-refractivity contribution in [1.82, 2.24) is 10.2 Å². The van der Waals surface area contributed by atoms with Crippen molar-refractivity contribution in [2.24, 2.45) is 0 Å². The van der Waals surface area contributed by atoms with Crippen LogP contribution in [0.3, 0.4) is 0 Å². The van der Waals surface area contributed by atoms with E-state index in [4.69, 9.17) is 5.11 Å². The fourth-order valence-electron chi connectivity index (χ4n) is 2.04. The summed E-state index contributed by atoms with van der Waals surface area (Å²) in [5, 5.41) is 11.1. The summed E-state index contributed by atoms with van der Waals surface area (Å²) in [7, 11) is 0. The number of rotatable bonds is 9. The van der Waals surface area contributed by atoms with Crippen molar-refractivity contribution in [2.45, 2.75) is 31.7 Å². The van der Waals surface area contributed by atoms with E-state index in [-0.39, 0.29) is 0 Å². The molecule has 0 aromatic carbocycles. The van der Waals surface area contributed by atoms with Crippen LogP contribution in [0.5, 0.6) is 0 Å². The van der Waals surface area contributed by atoms with Gasteiger partial charge in [0.2, 0.25) is 6.41 Å². The van der Waals surface area contributed by atoms with Crippen LogP contribution < -0.4 is 5.32 Å². The predicted molar refractivity (Wildman–Crippen MR) is 72.9 cm³/mol. The molecule has 1 aliphatic rings. The first-order valence-electron chi connectivity index (χ1n) is 6.46. The molecule has 0 aliphatic carbocycles. The third-order valence-corrected chi connectivity index (χ3v) is 4.11. The average Bonchev–Trinajstić information content (AvgIpc) is 2.38. The minimum absolute atomic E-state index is 0.456. The molecule has 0 spiro atoms. The summed E-state index contributed by atoms with van der Waals surface area (Å²) in [6.45, 7) is 3.49. The number of carbonyl (C=O) groups excluding carboxylic acids is 1. The molecule has 0 bridgehead atoms. The number of hydrogen-bond donors (Lipinski definition) is 2. The van der Waals surface area contributed by atoms with Crippen LogP contribution in [0.25, 0.3) is 0 Å². The number of piperidine rings is 1. The molecule has 0 radical (unpaired) electrons. The number of nitrogens with zero attached hydrogens (tertiary/aromatic N) is 1. The highest BCUT2D eigenvalue weighted by Crippen LogP contribution is 2.11. The molecule has 1 fully saturated rings. The number of carbonyl (C=O) groups is 2. The van der Waals surface area contributed by atoms with Gasteiger partial charge in [0.05, 0.1) is 0 Å². The summed E-state index contributed by atoms with van der Waals surface area (Å²) < 4.78 is 0. The molecule has 6 heteroatoms. The minimum atomic E-state index is -0.960. The zero-order valence-corrected chi connectivity index (χ0v) is 11.5. The Kier molecular flexibility index (Phi) is 7.84. The molecule has 18 heavy (non-hydrogen) atoms. The van der Waals surface area contributed by atoms with Gasteiger partial charge in [-0.3, -0.25) is 4.79 Å². The maximum atomic E-state index is 10.8. The lowest BCUT2D eigenvalue weighted by Crippen LogP contribution is -2.36. The smallest absolute Gasteiger partial charge is 0.326 e. The van der Waals surface area contributed by atoms with E-state index in [2.05, 4.69) is 10.2 Å². The number of aliphatic carboxylic acids is 1. The maximum Gasteiger partial charge on any atom is 0.326 e. The summed E-state index contributed by atoms with van der Waals surface area (Å²) in [5.74, 6) is 0.845. The van der Waals surface area contributed by atoms with Crippen LogP contribution in [0.2, 0.25) is 0 Å². The maximum absolute atomic E-state index is 10.8. The fourth-order valence-corrected chi connectivity index (χ4v) is 3.03. The largest absolute Gasteiger partial charge is 0.480 e. The molecule has 1 heterocycles. The zero-order valence-electron chi connectivity index (χ0n) is 10.6. The second-order valence-electron chi connectivity index (χ2n) is 4.48. The van der Waals surface area contributed by atoms with Crippen LogP contribution in [0, 0.1) is 0 Å². The predicted octanol–water partition coefficient (Wildman–Crippen LogP) is 0.795. The Morgan fingerprint density at radius 2 is 2.06 bits per heavy atom. The minimum Gasteiger partial charge on any atom is -0.480 e. The van der Waals surface area contributed by atoms with Crippen molar-refractivity contribution < 1.29 is 14.7 Å². The Morgan fingerprint density at radius 3 is 2.67 bits per heavy atom. The van der Waals surface area contributed by atoms with Gasteiger partial charge >= 0.3 is 5.97 Å². The van der Waals surface area contributed by atoms with Gasteiger partial charge in [-0.05, 0) is 38.1 Å². The monoisotopic (exact) mass is 274 g/mol. The molecule has 0 aromatic rings. The Bertz CT molecular complexity index is 258. The number of thioether (sulfide) groups is 1. The van der Waals surface area contributed by atoms with Crippen LogP contribution in [0.15, 0.2) is 0 Å². The third-order valence-electron chi connectivity index (χ3n) is 3.12. The Morgan fingerprint density at radius 1 is 1.33 bits per heavy atom. The molecule has 0 saturated carbocycles. The van der Waals surface area contributed by atoms with E-state index in [1.54, 1.807) is 11.8 Å². The molecule has 104 valence electrons. The van der Waals surface area contributed by atoms with Crippen LogP contribution in [0.4, 0.5) is 0 Å². The third kappa shape index (κ3) is 6.26. The SMILES string of the molecule is O=CNC(CCSCCN1CCCCC1)C(=O)O. The number of carboxylic acid groups (broad SMARTS) is 1. The lowest BCUT2D eigenvalue weighted by atomic mass is 10.1. The quantitative estimate of drug-likeness (QED) is 0.481. The molecular formula is C12H22N2O3S. The van der Waals surface area contributed by atoms with Crippen molar-refractivity contribution >= 4 is 24.1 Å². The number of hydrogen-bond acceptors (Lipinski definition) is 4. The van der Waals surface area contributed by atoms with Crippen LogP contribution in [0.1, 0.15) is 25.7 Å². The molecule has 5 nitrogen and oxygen atoms in total. The molecule has 1 rings (SSSR count). The van der Waals surface area contributed by atoms with Crippen LogP contribution in [-0.4, -0.2) is 59.6 Å². The highest BCUT2D eigenvalue weighted by Gasteiger charge is 2.15. The van der Waals surface area contributed by atoms with Gasteiger partial charge in [-0.15, -0.1) is 0 Å². The van der Waals surface area contributed by atoms with Crippen LogP contribution >= 0.6 is 11.8 Å². The van der Waals surface area contributed by atoms with Gasteiger partial charge in [0.25, 0.3) is 0 Å². The van der Waals surface area contributed by atoms with E-state index in [1.807, 2.05) is 0 Å². The molecule has 2 N–H and O–H groups in total. The summed E-state index contributed by atoms with van der Waals surface area (Å²) >= 11 is 1.76. The number of nitrogens with one attached hydrogen (secondary N) is 1. The number of likely N-dealkylation sites (tertiary alicyclic amines) is 1.